The number of amides is 3. The summed E-state index contributed by atoms with van der Waals surface area (Å²) in [4.78, 5) is 31.7. The van der Waals surface area contributed by atoms with E-state index in [1.807, 2.05) is 19.1 Å². The van der Waals surface area contributed by atoms with Crippen LogP contribution in [0.25, 0.3) is 22.2 Å². The SMILES string of the molecule is COc1ccc2c(c1)C(O)N(C[C@@]1(c3cc4cnc(-c5c(C)noc5C)cc4o3)NC(=O)NC1=O)C2. The maximum absolute atomic E-state index is 13.2. The summed E-state index contributed by atoms with van der Waals surface area (Å²) < 4.78 is 16.7. The van der Waals surface area contributed by atoms with Crippen LogP contribution < -0.4 is 15.4 Å². The molecule has 36 heavy (non-hydrogen) atoms. The number of furan rings is 1. The van der Waals surface area contributed by atoms with Crippen molar-refractivity contribution < 1.29 is 28.4 Å². The van der Waals surface area contributed by atoms with Crippen LogP contribution in [0.4, 0.5) is 4.79 Å². The molecule has 1 aromatic carbocycles. The number of rotatable bonds is 5. The first kappa shape index (κ1) is 22.3. The Morgan fingerprint density at radius 3 is 2.78 bits per heavy atom. The van der Waals surface area contributed by atoms with Gasteiger partial charge in [-0.25, -0.2) is 4.79 Å². The van der Waals surface area contributed by atoms with Gasteiger partial charge in [-0.3, -0.25) is 20.0 Å². The van der Waals surface area contributed by atoms with Crippen molar-refractivity contribution in [1.29, 1.82) is 0 Å². The number of ether oxygens (including phenoxy) is 1. The Bertz CT molecular complexity index is 1520. The van der Waals surface area contributed by atoms with Crippen LogP contribution in [0.2, 0.25) is 0 Å². The molecular formula is C25H23N5O6. The summed E-state index contributed by atoms with van der Waals surface area (Å²) in [7, 11) is 1.56. The quantitative estimate of drug-likeness (QED) is 0.361. The van der Waals surface area contributed by atoms with Crippen LogP contribution in [-0.4, -0.2) is 45.7 Å². The summed E-state index contributed by atoms with van der Waals surface area (Å²) in [5.74, 6) is 0.921. The van der Waals surface area contributed by atoms with Crippen LogP contribution in [0.1, 0.15) is 34.6 Å². The highest BCUT2D eigenvalue weighted by Crippen LogP contribution is 2.39. The molecule has 2 aliphatic heterocycles. The Balaban J connectivity index is 1.39. The summed E-state index contributed by atoms with van der Waals surface area (Å²) in [5.41, 5.74) is 2.61. The van der Waals surface area contributed by atoms with Gasteiger partial charge in [-0.1, -0.05) is 11.2 Å². The van der Waals surface area contributed by atoms with Crippen molar-refractivity contribution in [3.05, 3.63) is 64.9 Å². The van der Waals surface area contributed by atoms with Crippen molar-refractivity contribution in [1.82, 2.24) is 25.7 Å². The molecule has 1 saturated heterocycles. The number of carbonyl (C=O) groups is 2. The summed E-state index contributed by atoms with van der Waals surface area (Å²) in [6, 6.07) is 8.26. The second-order valence-electron chi connectivity index (χ2n) is 9.07. The number of aryl methyl sites for hydroxylation is 2. The van der Waals surface area contributed by atoms with E-state index in [2.05, 4.69) is 20.8 Å². The Morgan fingerprint density at radius 1 is 1.25 bits per heavy atom. The van der Waals surface area contributed by atoms with E-state index in [-0.39, 0.29) is 12.3 Å². The van der Waals surface area contributed by atoms with Crippen molar-refractivity contribution in [2.24, 2.45) is 0 Å². The second-order valence-corrected chi connectivity index (χ2v) is 9.07. The van der Waals surface area contributed by atoms with Gasteiger partial charge >= 0.3 is 6.03 Å². The third-order valence-electron chi connectivity index (χ3n) is 6.84. The first-order valence-corrected chi connectivity index (χ1v) is 11.3. The van der Waals surface area contributed by atoms with Gasteiger partial charge in [0, 0.05) is 36.3 Å². The van der Waals surface area contributed by atoms with Gasteiger partial charge in [0.2, 0.25) is 0 Å². The van der Waals surface area contributed by atoms with E-state index in [4.69, 9.17) is 13.7 Å². The van der Waals surface area contributed by atoms with Crippen LogP contribution >= 0.6 is 0 Å². The molecule has 0 radical (unpaired) electrons. The average Bonchev–Trinajstić information content (AvgIpc) is 3.59. The lowest BCUT2D eigenvalue weighted by Crippen LogP contribution is -2.52. The van der Waals surface area contributed by atoms with Gasteiger partial charge in [0.25, 0.3) is 5.91 Å². The molecule has 3 N–H and O–H groups in total. The number of imide groups is 1. The molecule has 1 unspecified atom stereocenters. The zero-order valence-electron chi connectivity index (χ0n) is 19.8. The first-order valence-electron chi connectivity index (χ1n) is 11.3. The predicted octanol–water partition coefficient (Wildman–Crippen LogP) is 2.65. The number of aromatic nitrogens is 2. The lowest BCUT2D eigenvalue weighted by Gasteiger charge is -2.30. The highest BCUT2D eigenvalue weighted by atomic mass is 16.5. The number of aliphatic hydroxyl groups excluding tert-OH is 1. The van der Waals surface area contributed by atoms with E-state index in [0.29, 0.717) is 46.0 Å². The molecule has 2 aliphatic rings. The molecule has 11 heteroatoms. The number of aliphatic hydroxyl groups is 1. The Labute approximate surface area is 205 Å². The highest BCUT2D eigenvalue weighted by molar-refractivity contribution is 6.07. The molecule has 3 amide bonds. The molecule has 11 nitrogen and oxygen atoms in total. The summed E-state index contributed by atoms with van der Waals surface area (Å²) >= 11 is 0. The molecule has 3 aromatic heterocycles. The van der Waals surface area contributed by atoms with Gasteiger partial charge in [-0.2, -0.15) is 0 Å². The van der Waals surface area contributed by atoms with Crippen molar-refractivity contribution in [2.45, 2.75) is 32.2 Å². The zero-order valence-corrected chi connectivity index (χ0v) is 19.8. The standard InChI is InChI=1S/C25H23N5O6/c1-12-21(13(2)36-29-12)18-8-19-15(9-26-18)6-20(35-19)25(23(32)27-24(33)28-25)11-30-10-14-4-5-16(34-3)7-17(14)22(30)31/h4-9,22,31H,10-11H2,1-3H3,(H2,27,28,32,33)/t22?,25-/m0/s1. The summed E-state index contributed by atoms with van der Waals surface area (Å²) in [5, 5.41) is 20.7. The molecule has 2 atom stereocenters. The van der Waals surface area contributed by atoms with Crippen molar-refractivity contribution in [2.75, 3.05) is 13.7 Å². The topological polar surface area (TPSA) is 143 Å². The molecule has 5 heterocycles. The molecular weight excluding hydrogens is 466 g/mol. The number of benzene rings is 1. The molecule has 4 aromatic rings. The van der Waals surface area contributed by atoms with Crippen LogP contribution in [0, 0.1) is 13.8 Å². The lowest BCUT2D eigenvalue weighted by molar-refractivity contribution is -0.127. The fraction of sp³-hybridized carbons (Fsp3) is 0.280. The average molecular weight is 489 g/mol. The molecule has 6 rings (SSSR count). The fourth-order valence-electron chi connectivity index (χ4n) is 5.02. The van der Waals surface area contributed by atoms with E-state index in [1.165, 1.54) is 0 Å². The maximum atomic E-state index is 13.2. The van der Waals surface area contributed by atoms with Crippen LogP contribution in [0.3, 0.4) is 0 Å². The highest BCUT2D eigenvalue weighted by Gasteiger charge is 2.53. The van der Waals surface area contributed by atoms with Gasteiger partial charge in [-0.05, 0) is 37.6 Å². The summed E-state index contributed by atoms with van der Waals surface area (Å²) in [6.07, 6.45) is 0.646. The van der Waals surface area contributed by atoms with Gasteiger partial charge in [0.1, 0.15) is 29.1 Å². The lowest BCUT2D eigenvalue weighted by atomic mass is 9.95. The van der Waals surface area contributed by atoms with Crippen molar-refractivity contribution in [3.63, 3.8) is 0 Å². The van der Waals surface area contributed by atoms with E-state index < -0.39 is 23.7 Å². The molecule has 184 valence electrons. The monoisotopic (exact) mass is 489 g/mol. The Kier molecular flexibility index (Phi) is 4.88. The van der Waals surface area contributed by atoms with Gasteiger partial charge < -0.3 is 24.1 Å². The number of fused-ring (bicyclic) bond motifs is 2. The van der Waals surface area contributed by atoms with Crippen molar-refractivity contribution >= 4 is 22.9 Å². The number of hydrogen-bond donors (Lipinski definition) is 3. The normalized spacial score (nSPS) is 21.6. The van der Waals surface area contributed by atoms with E-state index in [0.717, 1.165) is 11.1 Å². The minimum atomic E-state index is -1.55. The minimum Gasteiger partial charge on any atom is -0.497 e. The fourth-order valence-corrected chi connectivity index (χ4v) is 5.02. The molecule has 0 aliphatic carbocycles. The van der Waals surface area contributed by atoms with Crippen molar-refractivity contribution in [3.8, 4) is 17.0 Å². The van der Waals surface area contributed by atoms with E-state index in [9.17, 15) is 14.7 Å². The number of carbonyl (C=O) groups excluding carboxylic acids is 2. The molecule has 0 bridgehead atoms. The smallest absolute Gasteiger partial charge is 0.322 e. The zero-order chi connectivity index (χ0) is 25.2. The minimum absolute atomic E-state index is 0.0211. The molecule has 0 spiro atoms. The largest absolute Gasteiger partial charge is 0.497 e. The number of nitrogens with zero attached hydrogens (tertiary/aromatic N) is 3. The number of urea groups is 1. The maximum Gasteiger partial charge on any atom is 0.322 e. The molecule has 0 saturated carbocycles. The van der Waals surface area contributed by atoms with Crippen LogP contribution in [-0.2, 0) is 16.9 Å². The number of nitrogens with one attached hydrogen (secondary N) is 2. The van der Waals surface area contributed by atoms with Gasteiger partial charge in [0.05, 0.1) is 24.1 Å². The number of pyridine rings is 1. The second kappa shape index (κ2) is 7.90. The third-order valence-corrected chi connectivity index (χ3v) is 6.84. The van der Waals surface area contributed by atoms with Crippen LogP contribution in [0.5, 0.6) is 5.75 Å². The van der Waals surface area contributed by atoms with E-state index >= 15 is 0 Å². The Hall–Kier alpha value is -4.22. The van der Waals surface area contributed by atoms with E-state index in [1.54, 1.807) is 43.3 Å². The Morgan fingerprint density at radius 2 is 2.08 bits per heavy atom. The molecule has 1 fully saturated rings. The first-order chi connectivity index (χ1) is 17.3. The predicted molar refractivity (Wildman–Crippen MR) is 126 cm³/mol. The van der Waals surface area contributed by atoms with Crippen LogP contribution in [0.15, 0.2) is 45.5 Å². The number of hydrogen-bond acceptors (Lipinski definition) is 9. The van der Waals surface area contributed by atoms with Gasteiger partial charge in [0.15, 0.2) is 5.54 Å². The number of methoxy groups -OCH3 is 1. The third kappa shape index (κ3) is 3.28. The van der Waals surface area contributed by atoms with Gasteiger partial charge in [-0.15, -0.1) is 0 Å². The summed E-state index contributed by atoms with van der Waals surface area (Å²) in [6.45, 7) is 3.99.